The van der Waals surface area contributed by atoms with Crippen LogP contribution in [0.1, 0.15) is 431 Å². The summed E-state index contributed by atoms with van der Waals surface area (Å²) in [5, 5.41) is 11.6. The number of hydrogen-bond donors (Lipinski definition) is 1. The minimum Gasteiger partial charge on any atom is -0.465 e. The van der Waals surface area contributed by atoms with Crippen LogP contribution >= 0.6 is 0 Å². The minimum atomic E-state index is -1.07. The monoisotopic (exact) mass is 1880 g/mol. The number of ketones is 1. The van der Waals surface area contributed by atoms with Crippen molar-refractivity contribution >= 4 is 11.8 Å². The summed E-state index contributed by atoms with van der Waals surface area (Å²) in [7, 11) is 0. The van der Waals surface area contributed by atoms with E-state index in [4.69, 9.17) is 47.4 Å². The standard InChI is InChI=1S/C38H70O6.C36H70O3.C34H66O4.C12H26/c1-21(2)18-29-32(23(5)6)34(25(9)10)35(26(11)12)37(42-29)44-38(16-17-41-31(40)20-28(15)39)36(27(13)14)33(24(7)8)30(43-38)19-22(3)4;1-20(2)17-28-30(23(7)8)32(25(11)12)33(26(13)14)35(37-28)39-36(19-22(5)6)34(27(15)16)31(24(9)10)29(38-36)18-21(3)4;1-18(2)16-26-28(20(5)6)30(22(9)10)31(23(11)12)33(36-26)38-34(25(15)35)32(24(13)14)29(21(7)8)27(37-34)17-19(3)4;1-9(2)7-12(11(5)6)8-10(3)4/h21-27,29-30,32-37H,16-20H2,1-15H3;20-35H,17-19H2,1-16H3;18-33,35H,16-17H2,1-15H3;9-12H,7-8H2,1-6H3. The lowest BCUT2D eigenvalue weighted by molar-refractivity contribution is -0.386. The first-order valence-electron chi connectivity index (χ1n) is 56.5. The average Bonchev–Trinajstić information content (AvgIpc) is 1.63. The predicted octanol–water partition coefficient (Wildman–Crippen LogP) is 32.5. The lowest BCUT2D eigenvalue weighted by Gasteiger charge is -2.54. The van der Waals surface area contributed by atoms with E-state index in [0.29, 0.717) is 196 Å². The molecular weight excluding hydrogens is 1650 g/mol. The largest absolute Gasteiger partial charge is 0.465 e. The first-order valence-corrected chi connectivity index (χ1v) is 56.5. The predicted molar refractivity (Wildman–Crippen MR) is 563 cm³/mol. The molecule has 0 amide bonds. The Kier molecular flexibility index (Phi) is 53.3. The molecule has 0 aromatic carbocycles. The summed E-state index contributed by atoms with van der Waals surface area (Å²) in [6.07, 6.45) is 9.01. The maximum absolute atomic E-state index is 12.5. The Labute approximate surface area is 827 Å². The molecule has 1 N–H and O–H groups in total. The smallest absolute Gasteiger partial charge is 0.313 e. The molecule has 0 bridgehead atoms. The van der Waals surface area contributed by atoms with Crippen LogP contribution in [-0.4, -0.2) is 102 Å². The highest BCUT2D eigenvalue weighted by atomic mass is 16.8. The van der Waals surface area contributed by atoms with Crippen LogP contribution in [0.3, 0.4) is 0 Å². The van der Waals surface area contributed by atoms with Crippen molar-refractivity contribution in [1.82, 2.24) is 0 Å². The molecule has 0 radical (unpaired) electrons. The van der Waals surface area contributed by atoms with Gasteiger partial charge in [0, 0.05) is 48.3 Å². The Balaban J connectivity index is 0.000000483. The van der Waals surface area contributed by atoms with Crippen molar-refractivity contribution < 1.29 is 62.1 Å². The SMILES string of the molecule is CC(=O)CC(=O)OCCC1(OC2OC(CC(C)C)C(C(C)C)C(C(C)C)C2C(C)C)OC(CC(C)C)C(C(C)C)C1C(C)C.CC(C)CC(CC(C)C)C(C)C.CC(C)CC1OC(OC2(C(C)O)OC(CC(C)C)C(C(C)C)C2C(C)C)C(C(C)C)C(C(C)C)C1C(C)C.CC(C)CC1OC(OC2(CC(C)C)OC(CC(C)C)C(C(C)C)C2C(C)C)C(C(C)C)C(C(C)C)C1C(C)C. The fraction of sp³-hybridized carbons (Fsp3) is 0.983. The quantitative estimate of drug-likeness (QED) is 0.0456. The number of Topliss-reactive ketones (excluding diaryl/α,β-unsaturated/α-hetero) is 1. The highest BCUT2D eigenvalue weighted by molar-refractivity contribution is 5.94. The molecule has 6 aliphatic rings. The van der Waals surface area contributed by atoms with Crippen molar-refractivity contribution in [3.05, 3.63) is 0 Å². The summed E-state index contributed by atoms with van der Waals surface area (Å²) in [5.41, 5.74) is 0. The van der Waals surface area contributed by atoms with Crippen molar-refractivity contribution in [2.45, 2.75) is 510 Å². The number of esters is 1. The van der Waals surface area contributed by atoms with Crippen LogP contribution in [0, 0.1) is 243 Å². The molecule has 0 aliphatic carbocycles. The van der Waals surface area contributed by atoms with Crippen molar-refractivity contribution in [2.75, 3.05) is 6.61 Å². The molecule has 28 unspecified atom stereocenters. The molecule has 6 rings (SSSR count). The van der Waals surface area contributed by atoms with E-state index in [1.54, 1.807) is 0 Å². The normalized spacial score (nSPS) is 33.5. The third-order valence-corrected chi connectivity index (χ3v) is 32.3. The van der Waals surface area contributed by atoms with Crippen LogP contribution in [-0.2, 0) is 57.0 Å². The van der Waals surface area contributed by atoms with Crippen LogP contribution in [0.2, 0.25) is 0 Å². The second kappa shape index (κ2) is 56.3. The Morgan fingerprint density at radius 3 is 0.782 bits per heavy atom. The first kappa shape index (κ1) is 126. The fourth-order valence-electron chi connectivity index (χ4n) is 28.0. The maximum atomic E-state index is 12.5. The summed E-state index contributed by atoms with van der Waals surface area (Å²) in [4.78, 5) is 24.1. The van der Waals surface area contributed by atoms with E-state index in [0.717, 1.165) is 68.6 Å². The van der Waals surface area contributed by atoms with E-state index in [-0.39, 0.29) is 91.3 Å². The summed E-state index contributed by atoms with van der Waals surface area (Å²) < 4.78 is 71.1. The molecule has 6 aliphatic heterocycles. The number of ether oxygens (including phenoxy) is 10. The van der Waals surface area contributed by atoms with Crippen molar-refractivity contribution in [1.29, 1.82) is 0 Å². The molecule has 0 spiro atoms. The maximum Gasteiger partial charge on any atom is 0.313 e. The number of rotatable bonds is 46. The summed E-state index contributed by atoms with van der Waals surface area (Å²) in [6, 6.07) is 0. The number of carbonyl (C=O) groups excluding carboxylic acids is 2. The molecule has 13 nitrogen and oxygen atoms in total. The lowest BCUT2D eigenvalue weighted by Crippen LogP contribution is -2.60. The molecule has 0 aromatic heterocycles. The summed E-state index contributed by atoms with van der Waals surface area (Å²) >= 11 is 0. The third-order valence-electron chi connectivity index (χ3n) is 32.3. The Morgan fingerprint density at radius 2 is 0.534 bits per heavy atom. The number of aliphatic hydroxyl groups is 1. The van der Waals surface area contributed by atoms with Gasteiger partial charge in [0.1, 0.15) is 18.3 Å². The third kappa shape index (κ3) is 35.0. The van der Waals surface area contributed by atoms with Crippen LogP contribution in [0.15, 0.2) is 0 Å². The van der Waals surface area contributed by atoms with Crippen LogP contribution in [0.4, 0.5) is 0 Å². The molecule has 6 saturated heterocycles. The van der Waals surface area contributed by atoms with E-state index in [1.165, 1.54) is 19.8 Å². The molecular formula is C120H232O13. The topological polar surface area (TPSA) is 147 Å². The second-order valence-corrected chi connectivity index (χ2v) is 54.1. The fourth-order valence-corrected chi connectivity index (χ4v) is 28.0. The summed E-state index contributed by atoms with van der Waals surface area (Å²) in [5.74, 6) is 16.1. The zero-order valence-electron chi connectivity index (χ0n) is 97.8. The van der Waals surface area contributed by atoms with Gasteiger partial charge in [-0.05, 0) is 272 Å². The van der Waals surface area contributed by atoms with E-state index >= 15 is 0 Å². The van der Waals surface area contributed by atoms with Gasteiger partial charge >= 0.3 is 5.97 Å². The van der Waals surface area contributed by atoms with Gasteiger partial charge < -0.3 is 52.5 Å². The summed E-state index contributed by atoms with van der Waals surface area (Å²) in [6.45, 7) is 120. The molecule has 0 saturated carbocycles. The van der Waals surface area contributed by atoms with E-state index in [1.807, 2.05) is 6.92 Å². The van der Waals surface area contributed by atoms with Gasteiger partial charge in [-0.2, -0.15) is 0 Å². The lowest BCUT2D eigenvalue weighted by atomic mass is 9.62. The van der Waals surface area contributed by atoms with Gasteiger partial charge in [0.2, 0.25) is 5.79 Å². The minimum absolute atomic E-state index is 0.0344. The van der Waals surface area contributed by atoms with Crippen molar-refractivity contribution in [3.63, 3.8) is 0 Å². The Hall–Kier alpha value is -1.26. The van der Waals surface area contributed by atoms with Gasteiger partial charge in [-0.1, -0.05) is 346 Å². The molecule has 28 atom stereocenters. The van der Waals surface area contributed by atoms with E-state index in [9.17, 15) is 14.7 Å². The molecule has 133 heavy (non-hydrogen) atoms. The zero-order chi connectivity index (χ0) is 103. The average molecular weight is 1880 g/mol. The highest BCUT2D eigenvalue weighted by Crippen LogP contribution is 2.61. The second-order valence-electron chi connectivity index (χ2n) is 54.1. The van der Waals surface area contributed by atoms with Gasteiger partial charge in [-0.3, -0.25) is 9.59 Å². The van der Waals surface area contributed by atoms with E-state index < -0.39 is 42.0 Å². The van der Waals surface area contributed by atoms with Gasteiger partial charge in [-0.25, -0.2) is 0 Å². The zero-order valence-corrected chi connectivity index (χ0v) is 97.8. The van der Waals surface area contributed by atoms with Crippen LogP contribution in [0.25, 0.3) is 0 Å². The number of hydrogen-bond acceptors (Lipinski definition) is 13. The Bertz CT molecular complexity index is 3140. The molecule has 790 valence electrons. The van der Waals surface area contributed by atoms with Gasteiger partial charge in [0.25, 0.3) is 0 Å². The van der Waals surface area contributed by atoms with Crippen LogP contribution < -0.4 is 0 Å². The highest BCUT2D eigenvalue weighted by Gasteiger charge is 2.66. The number of aliphatic hydroxyl groups excluding tert-OH is 1. The first-order chi connectivity index (χ1) is 61.1. The Morgan fingerprint density at radius 1 is 0.278 bits per heavy atom. The van der Waals surface area contributed by atoms with Crippen LogP contribution in [0.5, 0.6) is 0 Å². The van der Waals surface area contributed by atoms with Crippen molar-refractivity contribution in [2.24, 2.45) is 243 Å². The number of carbonyl (C=O) groups is 2. The van der Waals surface area contributed by atoms with Gasteiger partial charge in [0.15, 0.2) is 30.4 Å². The van der Waals surface area contributed by atoms with E-state index in [2.05, 4.69) is 346 Å². The van der Waals surface area contributed by atoms with Crippen molar-refractivity contribution in [3.8, 4) is 0 Å². The molecule has 13 heteroatoms. The molecule has 6 fully saturated rings. The van der Waals surface area contributed by atoms with Gasteiger partial charge in [0.05, 0.1) is 43.2 Å². The molecule has 6 heterocycles. The van der Waals surface area contributed by atoms with Gasteiger partial charge in [-0.15, -0.1) is 0 Å². The molecule has 0 aromatic rings.